The van der Waals surface area contributed by atoms with Gasteiger partial charge in [0.25, 0.3) is 5.89 Å². The van der Waals surface area contributed by atoms with Crippen molar-refractivity contribution >= 4 is 17.9 Å². The molecule has 0 aliphatic carbocycles. The molecule has 0 amide bonds. The lowest BCUT2D eigenvalue weighted by Gasteiger charge is -1.94. The van der Waals surface area contributed by atoms with Crippen molar-refractivity contribution in [1.82, 2.24) is 4.98 Å². The fraction of sp³-hybridized carbons (Fsp3) is 0. The molecule has 0 saturated heterocycles. The van der Waals surface area contributed by atoms with Crippen LogP contribution in [-0.4, -0.2) is 11.3 Å². The first-order chi connectivity index (χ1) is 6.79. The van der Waals surface area contributed by atoms with E-state index in [1.54, 1.807) is 12.1 Å². The lowest BCUT2D eigenvalue weighted by Crippen LogP contribution is -1.80. The summed E-state index contributed by atoms with van der Waals surface area (Å²) in [5.41, 5.74) is 1.50. The van der Waals surface area contributed by atoms with Crippen LogP contribution >= 0.6 is 11.6 Å². The van der Waals surface area contributed by atoms with Crippen molar-refractivity contribution in [2.75, 3.05) is 0 Å². The molecule has 0 spiro atoms. The molecule has 2 rings (SSSR count). The molecule has 0 aliphatic rings. The maximum atomic E-state index is 10.3. The molecule has 0 aliphatic heterocycles. The van der Waals surface area contributed by atoms with Gasteiger partial charge in [0.15, 0.2) is 0 Å². The maximum Gasteiger partial charge on any atom is 0.260 e. The van der Waals surface area contributed by atoms with Crippen LogP contribution in [0.15, 0.2) is 34.9 Å². The summed E-state index contributed by atoms with van der Waals surface area (Å²) in [5, 5.41) is 0.660. The monoisotopic (exact) mass is 207 g/mol. The molecule has 0 atom stereocenters. The van der Waals surface area contributed by atoms with Crippen molar-refractivity contribution < 1.29 is 9.21 Å². The molecule has 3 nitrogen and oxygen atoms in total. The van der Waals surface area contributed by atoms with E-state index >= 15 is 0 Å². The molecule has 0 N–H and O–H groups in total. The number of nitrogens with zero attached hydrogens (tertiary/aromatic N) is 1. The number of hydrogen-bond acceptors (Lipinski definition) is 3. The van der Waals surface area contributed by atoms with Gasteiger partial charge in [-0.1, -0.05) is 23.7 Å². The fourth-order valence-corrected chi connectivity index (χ4v) is 1.22. The van der Waals surface area contributed by atoms with Gasteiger partial charge in [-0.05, 0) is 12.1 Å². The standard InChI is InChI=1S/C10H6ClNO2/c11-8-3-1-7(2-4-8)9-6-14-10(5-13)12-9/h1-6H. The van der Waals surface area contributed by atoms with Gasteiger partial charge in [0.05, 0.1) is 0 Å². The third kappa shape index (κ3) is 1.67. The molecular weight excluding hydrogens is 202 g/mol. The van der Waals surface area contributed by atoms with Crippen LogP contribution in [0.2, 0.25) is 5.02 Å². The fourth-order valence-electron chi connectivity index (χ4n) is 1.09. The van der Waals surface area contributed by atoms with E-state index in [4.69, 9.17) is 16.0 Å². The Morgan fingerprint density at radius 3 is 2.57 bits per heavy atom. The topological polar surface area (TPSA) is 43.1 Å². The summed E-state index contributed by atoms with van der Waals surface area (Å²) in [6, 6.07) is 7.14. The molecular formula is C10H6ClNO2. The van der Waals surface area contributed by atoms with Crippen molar-refractivity contribution in [3.8, 4) is 11.3 Å². The van der Waals surface area contributed by atoms with Gasteiger partial charge in [-0.3, -0.25) is 4.79 Å². The smallest absolute Gasteiger partial charge is 0.260 e. The highest BCUT2D eigenvalue weighted by atomic mass is 35.5. The van der Waals surface area contributed by atoms with E-state index in [-0.39, 0.29) is 5.89 Å². The third-order valence-corrected chi connectivity index (χ3v) is 2.01. The average Bonchev–Trinajstić information content (AvgIpc) is 2.67. The Hall–Kier alpha value is -1.61. The summed E-state index contributed by atoms with van der Waals surface area (Å²) in [6.45, 7) is 0. The van der Waals surface area contributed by atoms with Crippen LogP contribution in [0.4, 0.5) is 0 Å². The molecule has 70 valence electrons. The predicted octanol–water partition coefficient (Wildman–Crippen LogP) is 2.81. The van der Waals surface area contributed by atoms with Crippen LogP contribution in [0.25, 0.3) is 11.3 Å². The molecule has 1 aromatic carbocycles. The van der Waals surface area contributed by atoms with E-state index in [0.29, 0.717) is 17.0 Å². The Morgan fingerprint density at radius 2 is 2.00 bits per heavy atom. The van der Waals surface area contributed by atoms with E-state index in [2.05, 4.69) is 4.98 Å². The summed E-state index contributed by atoms with van der Waals surface area (Å²) < 4.78 is 4.89. The van der Waals surface area contributed by atoms with Crippen LogP contribution in [-0.2, 0) is 0 Å². The lowest BCUT2D eigenvalue weighted by molar-refractivity contribution is 0.109. The van der Waals surface area contributed by atoms with Gasteiger partial charge < -0.3 is 4.42 Å². The molecule has 0 unspecified atom stereocenters. The van der Waals surface area contributed by atoms with Gasteiger partial charge in [0, 0.05) is 10.6 Å². The highest BCUT2D eigenvalue weighted by Gasteiger charge is 2.04. The van der Waals surface area contributed by atoms with E-state index in [9.17, 15) is 4.79 Å². The minimum atomic E-state index is 0.0787. The highest BCUT2D eigenvalue weighted by molar-refractivity contribution is 6.30. The minimum absolute atomic E-state index is 0.0787. The summed E-state index contributed by atoms with van der Waals surface area (Å²) >= 11 is 5.73. The molecule has 0 saturated carbocycles. The van der Waals surface area contributed by atoms with E-state index in [0.717, 1.165) is 5.56 Å². The molecule has 1 aromatic heterocycles. The van der Waals surface area contributed by atoms with Crippen LogP contribution in [0.3, 0.4) is 0 Å². The van der Waals surface area contributed by atoms with Crippen molar-refractivity contribution in [3.05, 3.63) is 41.4 Å². The molecule has 0 bridgehead atoms. The molecule has 0 fully saturated rings. The second kappa shape index (κ2) is 3.64. The number of halogens is 1. The Labute approximate surface area is 85.3 Å². The van der Waals surface area contributed by atoms with Crippen LogP contribution in [0.1, 0.15) is 10.7 Å². The van der Waals surface area contributed by atoms with E-state index < -0.39 is 0 Å². The highest BCUT2D eigenvalue weighted by Crippen LogP contribution is 2.20. The van der Waals surface area contributed by atoms with E-state index in [1.807, 2.05) is 12.1 Å². The number of aldehydes is 1. The number of aromatic nitrogens is 1. The van der Waals surface area contributed by atoms with Gasteiger partial charge >= 0.3 is 0 Å². The average molecular weight is 208 g/mol. The zero-order valence-corrected chi connectivity index (χ0v) is 7.86. The largest absolute Gasteiger partial charge is 0.442 e. The zero-order chi connectivity index (χ0) is 9.97. The van der Waals surface area contributed by atoms with Gasteiger partial charge in [-0.25, -0.2) is 4.98 Å². The summed E-state index contributed by atoms with van der Waals surface area (Å²) in [4.78, 5) is 14.3. The van der Waals surface area contributed by atoms with E-state index in [1.165, 1.54) is 6.26 Å². The SMILES string of the molecule is O=Cc1nc(-c2ccc(Cl)cc2)co1. The van der Waals surface area contributed by atoms with Crippen molar-refractivity contribution in [2.24, 2.45) is 0 Å². The van der Waals surface area contributed by atoms with Gasteiger partial charge in [0.2, 0.25) is 6.29 Å². The Bertz CT molecular complexity index is 447. The first-order valence-electron chi connectivity index (χ1n) is 3.96. The van der Waals surface area contributed by atoms with Crippen LogP contribution < -0.4 is 0 Å². The van der Waals surface area contributed by atoms with Crippen LogP contribution in [0, 0.1) is 0 Å². The quantitative estimate of drug-likeness (QED) is 0.712. The van der Waals surface area contributed by atoms with Gasteiger partial charge in [-0.2, -0.15) is 0 Å². The maximum absolute atomic E-state index is 10.3. The Balaban J connectivity index is 2.39. The predicted molar refractivity (Wildman–Crippen MR) is 52.3 cm³/mol. The first kappa shape index (κ1) is 8.97. The van der Waals surface area contributed by atoms with Crippen LogP contribution in [0.5, 0.6) is 0 Å². The number of carbonyl (C=O) groups is 1. The molecule has 14 heavy (non-hydrogen) atoms. The number of oxazole rings is 1. The minimum Gasteiger partial charge on any atom is -0.442 e. The normalized spacial score (nSPS) is 10.1. The molecule has 1 heterocycles. The van der Waals surface area contributed by atoms with Crippen molar-refractivity contribution in [2.45, 2.75) is 0 Å². The number of benzene rings is 1. The molecule has 0 radical (unpaired) electrons. The van der Waals surface area contributed by atoms with Crippen molar-refractivity contribution in [1.29, 1.82) is 0 Å². The molecule has 4 heteroatoms. The van der Waals surface area contributed by atoms with Crippen molar-refractivity contribution in [3.63, 3.8) is 0 Å². The number of rotatable bonds is 2. The van der Waals surface area contributed by atoms with Gasteiger partial charge in [0.1, 0.15) is 12.0 Å². The number of carbonyl (C=O) groups excluding carboxylic acids is 1. The summed E-state index contributed by atoms with van der Waals surface area (Å²) in [6.07, 6.45) is 2.01. The Morgan fingerprint density at radius 1 is 1.29 bits per heavy atom. The van der Waals surface area contributed by atoms with Gasteiger partial charge in [-0.15, -0.1) is 0 Å². The summed E-state index contributed by atoms with van der Waals surface area (Å²) in [7, 11) is 0. The Kier molecular flexibility index (Phi) is 2.33. The summed E-state index contributed by atoms with van der Waals surface area (Å²) in [5.74, 6) is 0.0787. The number of hydrogen-bond donors (Lipinski definition) is 0. The second-order valence-electron chi connectivity index (χ2n) is 2.70. The third-order valence-electron chi connectivity index (χ3n) is 1.76. The zero-order valence-electron chi connectivity index (χ0n) is 7.11. The molecule has 2 aromatic rings. The second-order valence-corrected chi connectivity index (χ2v) is 3.13. The first-order valence-corrected chi connectivity index (χ1v) is 4.34. The lowest BCUT2D eigenvalue weighted by atomic mass is 10.2.